The zero-order valence-electron chi connectivity index (χ0n) is 18.3. The van der Waals surface area contributed by atoms with Crippen LogP contribution in [0.4, 0.5) is 26.3 Å². The van der Waals surface area contributed by atoms with E-state index >= 15 is 0 Å². The number of hydrogen-bond acceptors (Lipinski definition) is 7. The average Bonchev–Trinajstić information content (AvgIpc) is 2.64. The van der Waals surface area contributed by atoms with Crippen molar-refractivity contribution in [1.82, 2.24) is 0 Å². The summed E-state index contributed by atoms with van der Waals surface area (Å²) in [5.41, 5.74) is -6.16. The predicted molar refractivity (Wildman–Crippen MR) is 99.5 cm³/mol. The van der Waals surface area contributed by atoms with Crippen LogP contribution in [-0.2, 0) is 28.6 Å². The molecule has 190 valence electrons. The molecule has 1 aliphatic rings. The Labute approximate surface area is 186 Å². The van der Waals surface area contributed by atoms with E-state index in [-0.39, 0.29) is 17.6 Å². The number of rotatable bonds is 8. The number of esters is 3. The Morgan fingerprint density at radius 3 is 1.85 bits per heavy atom. The predicted octanol–water partition coefficient (Wildman–Crippen LogP) is 3.78. The van der Waals surface area contributed by atoms with E-state index < -0.39 is 54.5 Å². The van der Waals surface area contributed by atoms with E-state index in [1.54, 1.807) is 13.8 Å². The fourth-order valence-corrected chi connectivity index (χ4v) is 3.29. The van der Waals surface area contributed by atoms with Crippen molar-refractivity contribution in [2.75, 3.05) is 6.61 Å². The fourth-order valence-electron chi connectivity index (χ4n) is 3.29. The van der Waals surface area contributed by atoms with Gasteiger partial charge in [-0.3, -0.25) is 4.79 Å². The maximum Gasteiger partial charge on any atom is 0.426 e. The first-order valence-electron chi connectivity index (χ1n) is 9.90. The summed E-state index contributed by atoms with van der Waals surface area (Å²) in [7, 11) is 0. The van der Waals surface area contributed by atoms with Gasteiger partial charge in [0.05, 0.1) is 6.42 Å². The fraction of sp³-hybridized carbons (Fsp3) is 0.750. The van der Waals surface area contributed by atoms with Crippen LogP contribution in [-0.4, -0.2) is 59.3 Å². The van der Waals surface area contributed by atoms with Crippen LogP contribution in [0.3, 0.4) is 0 Å². The van der Waals surface area contributed by atoms with Crippen LogP contribution in [0, 0.1) is 5.92 Å². The van der Waals surface area contributed by atoms with Crippen molar-refractivity contribution >= 4 is 17.9 Å². The van der Waals surface area contributed by atoms with Crippen LogP contribution in [0.1, 0.15) is 52.9 Å². The number of hydrogen-bond donors (Lipinski definition) is 1. The first kappa shape index (κ1) is 28.7. The highest BCUT2D eigenvalue weighted by molar-refractivity contribution is 5.87. The second-order valence-corrected chi connectivity index (χ2v) is 8.43. The van der Waals surface area contributed by atoms with E-state index in [9.17, 15) is 40.7 Å². The minimum absolute atomic E-state index is 0.197. The van der Waals surface area contributed by atoms with Gasteiger partial charge in [0.15, 0.2) is 6.61 Å². The normalized spacial score (nSPS) is 20.1. The van der Waals surface area contributed by atoms with Crippen LogP contribution in [0.15, 0.2) is 12.2 Å². The second-order valence-electron chi connectivity index (χ2n) is 8.43. The van der Waals surface area contributed by atoms with E-state index in [2.05, 4.69) is 11.3 Å². The summed E-state index contributed by atoms with van der Waals surface area (Å²) in [6.45, 7) is 6.85. The highest BCUT2D eigenvalue weighted by Gasteiger charge is 2.71. The summed E-state index contributed by atoms with van der Waals surface area (Å²) in [6.07, 6.45) is -13.2. The molecule has 0 heterocycles. The zero-order valence-corrected chi connectivity index (χ0v) is 18.3. The van der Waals surface area contributed by atoms with Gasteiger partial charge in [0.25, 0.3) is 5.60 Å². The van der Waals surface area contributed by atoms with Gasteiger partial charge < -0.3 is 19.3 Å². The van der Waals surface area contributed by atoms with E-state index in [1.165, 1.54) is 6.92 Å². The van der Waals surface area contributed by atoms with Crippen molar-refractivity contribution in [3.05, 3.63) is 12.2 Å². The third kappa shape index (κ3) is 7.61. The van der Waals surface area contributed by atoms with Gasteiger partial charge in [0.1, 0.15) is 11.7 Å². The standard InChI is InChI=1S/C20H26F6O7/c1-11(2)16(29)32-13-7-5-12(6-8-13)17(3,4)33-15(28)10-31-14(27)9-18(30,19(21,22)23)20(24,25)26/h12-13,30H,1,5-10H2,2-4H3. The minimum atomic E-state index is -6.19. The molecule has 1 rings (SSSR count). The van der Waals surface area contributed by atoms with Gasteiger partial charge in [-0.2, -0.15) is 26.3 Å². The summed E-state index contributed by atoms with van der Waals surface area (Å²) in [4.78, 5) is 35.0. The third-order valence-electron chi connectivity index (χ3n) is 5.35. The molecule has 1 fully saturated rings. The minimum Gasteiger partial charge on any atom is -0.459 e. The van der Waals surface area contributed by atoms with Crippen molar-refractivity contribution in [3.8, 4) is 0 Å². The molecule has 1 saturated carbocycles. The molecule has 1 N–H and O–H groups in total. The Balaban J connectivity index is 2.59. The molecule has 0 aromatic rings. The first-order valence-corrected chi connectivity index (χ1v) is 9.90. The lowest BCUT2D eigenvalue weighted by molar-refractivity contribution is -0.368. The quantitative estimate of drug-likeness (QED) is 0.238. The van der Waals surface area contributed by atoms with Crippen molar-refractivity contribution in [2.24, 2.45) is 5.92 Å². The molecule has 33 heavy (non-hydrogen) atoms. The number of halogens is 6. The second kappa shape index (κ2) is 10.3. The van der Waals surface area contributed by atoms with Crippen molar-refractivity contribution in [3.63, 3.8) is 0 Å². The van der Waals surface area contributed by atoms with Gasteiger partial charge in [0, 0.05) is 5.57 Å². The summed E-state index contributed by atoms with van der Waals surface area (Å²) in [5.74, 6) is -3.99. The molecule has 0 saturated heterocycles. The number of ether oxygens (including phenoxy) is 3. The van der Waals surface area contributed by atoms with Crippen LogP contribution < -0.4 is 0 Å². The Morgan fingerprint density at radius 1 is 0.939 bits per heavy atom. The molecular formula is C20H26F6O7. The van der Waals surface area contributed by atoms with Gasteiger partial charge >= 0.3 is 30.3 Å². The topological polar surface area (TPSA) is 99.1 Å². The lowest BCUT2D eigenvalue weighted by Gasteiger charge is -2.38. The largest absolute Gasteiger partial charge is 0.459 e. The average molecular weight is 492 g/mol. The Bertz CT molecular complexity index is 735. The smallest absolute Gasteiger partial charge is 0.426 e. The van der Waals surface area contributed by atoms with Gasteiger partial charge in [-0.1, -0.05) is 6.58 Å². The van der Waals surface area contributed by atoms with Crippen LogP contribution in [0.25, 0.3) is 0 Å². The highest BCUT2D eigenvalue weighted by Crippen LogP contribution is 2.45. The molecule has 13 heteroatoms. The summed E-state index contributed by atoms with van der Waals surface area (Å²) in [5, 5.41) is 8.98. The SMILES string of the molecule is C=C(C)C(=O)OC1CCC(C(C)(C)OC(=O)COC(=O)CC(O)(C(F)(F)F)C(F)(F)F)CC1. The maximum atomic E-state index is 12.6. The van der Waals surface area contributed by atoms with Crippen LogP contribution in [0.2, 0.25) is 0 Å². The molecule has 0 amide bonds. The first-order chi connectivity index (χ1) is 14.8. The van der Waals surface area contributed by atoms with E-state index in [1.807, 2.05) is 0 Å². The molecular weight excluding hydrogens is 466 g/mol. The van der Waals surface area contributed by atoms with Gasteiger partial charge in [-0.25, -0.2) is 9.59 Å². The molecule has 0 unspecified atom stereocenters. The molecule has 0 spiro atoms. The number of alkyl halides is 6. The summed E-state index contributed by atoms with van der Waals surface area (Å²) < 4.78 is 90.4. The number of aliphatic hydroxyl groups is 1. The number of carbonyl (C=O) groups is 3. The number of carbonyl (C=O) groups excluding carboxylic acids is 3. The molecule has 0 atom stereocenters. The molecule has 1 aliphatic carbocycles. The van der Waals surface area contributed by atoms with Gasteiger partial charge in [-0.15, -0.1) is 0 Å². The lowest BCUT2D eigenvalue weighted by Crippen LogP contribution is -2.58. The van der Waals surface area contributed by atoms with Gasteiger partial charge in [-0.05, 0) is 52.4 Å². The van der Waals surface area contributed by atoms with Crippen molar-refractivity contribution in [1.29, 1.82) is 0 Å². The Morgan fingerprint density at radius 2 is 1.42 bits per heavy atom. The van der Waals surface area contributed by atoms with Crippen LogP contribution >= 0.6 is 0 Å². The van der Waals surface area contributed by atoms with E-state index in [4.69, 9.17) is 14.6 Å². The van der Waals surface area contributed by atoms with Crippen LogP contribution in [0.5, 0.6) is 0 Å². The van der Waals surface area contributed by atoms with Crippen molar-refractivity contribution in [2.45, 2.75) is 82.5 Å². The van der Waals surface area contributed by atoms with E-state index in [0.29, 0.717) is 25.7 Å². The highest BCUT2D eigenvalue weighted by atomic mass is 19.4. The van der Waals surface area contributed by atoms with Crippen molar-refractivity contribution < 1.29 is 60.0 Å². The summed E-state index contributed by atoms with van der Waals surface area (Å²) in [6, 6.07) is 0. The third-order valence-corrected chi connectivity index (χ3v) is 5.35. The summed E-state index contributed by atoms with van der Waals surface area (Å²) >= 11 is 0. The molecule has 0 aliphatic heterocycles. The zero-order chi connectivity index (χ0) is 25.8. The molecule has 0 radical (unpaired) electrons. The Hall–Kier alpha value is -2.31. The Kier molecular flexibility index (Phi) is 8.97. The molecule has 0 aromatic heterocycles. The van der Waals surface area contributed by atoms with E-state index in [0.717, 1.165) is 0 Å². The molecule has 0 bridgehead atoms. The monoisotopic (exact) mass is 492 g/mol. The molecule has 0 aromatic carbocycles. The van der Waals surface area contributed by atoms with Gasteiger partial charge in [0.2, 0.25) is 0 Å². The lowest BCUT2D eigenvalue weighted by atomic mass is 9.77. The molecule has 7 nitrogen and oxygen atoms in total. The maximum absolute atomic E-state index is 12.6.